The van der Waals surface area contributed by atoms with Crippen LogP contribution in [0.2, 0.25) is 0 Å². The molecule has 2 aliphatic heterocycles. The Kier molecular flexibility index (Phi) is 5.26. The molecule has 0 saturated carbocycles. The minimum atomic E-state index is -0.815. The topological polar surface area (TPSA) is 89.0 Å². The van der Waals surface area contributed by atoms with E-state index in [0.717, 1.165) is 5.56 Å². The lowest BCUT2D eigenvalue weighted by Crippen LogP contribution is -2.31. The Morgan fingerprint density at radius 1 is 1.09 bits per heavy atom. The number of likely N-dealkylation sites (tertiary alicyclic amines) is 1. The molecule has 1 aromatic heterocycles. The van der Waals surface area contributed by atoms with Gasteiger partial charge in [0.25, 0.3) is 11.7 Å². The van der Waals surface area contributed by atoms with E-state index in [2.05, 4.69) is 4.98 Å². The van der Waals surface area contributed by atoms with E-state index in [0.29, 0.717) is 29.0 Å². The predicted molar refractivity (Wildman–Crippen MR) is 116 cm³/mol. The third-order valence-corrected chi connectivity index (χ3v) is 5.74. The normalized spacial score (nSPS) is 18.7. The second kappa shape index (κ2) is 8.38. The number of nitrogens with zero attached hydrogens (tertiary/aromatic N) is 2. The fourth-order valence-corrected chi connectivity index (χ4v) is 4.09. The molecule has 0 spiro atoms. The Balaban J connectivity index is 1.54. The van der Waals surface area contributed by atoms with Crippen molar-refractivity contribution in [2.75, 3.05) is 13.3 Å². The van der Waals surface area contributed by atoms with Gasteiger partial charge in [0.15, 0.2) is 11.5 Å². The number of amides is 1. The summed E-state index contributed by atoms with van der Waals surface area (Å²) in [5.74, 6) is -1.16. The summed E-state index contributed by atoms with van der Waals surface area (Å²) in [6.45, 7) is 0.274. The van der Waals surface area contributed by atoms with E-state index in [1.807, 2.05) is 0 Å². The van der Waals surface area contributed by atoms with Crippen molar-refractivity contribution in [3.8, 4) is 11.5 Å². The average molecular weight is 446 g/mol. The molecular formula is C25H19FN2O5. The van der Waals surface area contributed by atoms with E-state index in [1.54, 1.807) is 54.9 Å². The SMILES string of the molecule is O=C1C(=O)N(CCc2ccc(F)cc2)C(c2cccnc2)/C1=C(/O)c1ccc2c(c1)OCO2. The number of hydrogen-bond donors (Lipinski definition) is 1. The molecule has 1 N–H and O–H groups in total. The van der Waals surface area contributed by atoms with Crippen LogP contribution < -0.4 is 9.47 Å². The molecule has 2 aromatic carbocycles. The van der Waals surface area contributed by atoms with E-state index in [-0.39, 0.29) is 30.5 Å². The highest BCUT2D eigenvalue weighted by Gasteiger charge is 2.46. The number of ether oxygens (including phenoxy) is 2. The standard InChI is InChI=1S/C25H19FN2O5/c26-18-6-3-15(4-7-18)9-11-28-22(17-2-1-10-27-13-17)21(24(30)25(28)31)23(29)16-5-8-19-20(12-16)33-14-32-19/h1-8,10,12-13,22,29H,9,11,14H2/b23-21-. The maximum absolute atomic E-state index is 13.2. The van der Waals surface area contributed by atoms with Gasteiger partial charge in [0.05, 0.1) is 11.6 Å². The van der Waals surface area contributed by atoms with Gasteiger partial charge in [0.2, 0.25) is 6.79 Å². The summed E-state index contributed by atoms with van der Waals surface area (Å²) >= 11 is 0. The molecule has 166 valence electrons. The van der Waals surface area contributed by atoms with Crippen molar-refractivity contribution < 1.29 is 28.6 Å². The molecule has 3 aromatic rings. The number of halogens is 1. The highest BCUT2D eigenvalue weighted by molar-refractivity contribution is 6.46. The number of aliphatic hydroxyl groups excluding tert-OH is 1. The van der Waals surface area contributed by atoms with Gasteiger partial charge >= 0.3 is 0 Å². The molecule has 1 amide bonds. The van der Waals surface area contributed by atoms with Gasteiger partial charge in [-0.05, 0) is 53.9 Å². The van der Waals surface area contributed by atoms with E-state index >= 15 is 0 Å². The van der Waals surface area contributed by atoms with Gasteiger partial charge < -0.3 is 19.5 Å². The van der Waals surface area contributed by atoms with Crippen LogP contribution in [-0.4, -0.2) is 40.0 Å². The molecule has 1 atom stereocenters. The fourth-order valence-electron chi connectivity index (χ4n) is 4.09. The number of benzene rings is 2. The molecule has 2 aliphatic rings. The van der Waals surface area contributed by atoms with Crippen molar-refractivity contribution in [1.82, 2.24) is 9.88 Å². The minimum Gasteiger partial charge on any atom is -0.507 e. The smallest absolute Gasteiger partial charge is 0.295 e. The third kappa shape index (κ3) is 3.80. The molecule has 8 heteroatoms. The minimum absolute atomic E-state index is 0.0222. The van der Waals surface area contributed by atoms with Crippen LogP contribution in [0.15, 0.2) is 72.6 Å². The number of fused-ring (bicyclic) bond motifs is 1. The number of aliphatic hydroxyl groups is 1. The van der Waals surface area contributed by atoms with Crippen LogP contribution >= 0.6 is 0 Å². The monoisotopic (exact) mass is 446 g/mol. The summed E-state index contributed by atoms with van der Waals surface area (Å²) < 4.78 is 23.9. The molecule has 1 saturated heterocycles. The lowest BCUT2D eigenvalue weighted by Gasteiger charge is -2.25. The number of ketones is 1. The maximum atomic E-state index is 13.2. The Bertz CT molecular complexity index is 1260. The van der Waals surface area contributed by atoms with Crippen molar-refractivity contribution in [2.24, 2.45) is 0 Å². The van der Waals surface area contributed by atoms with Crippen LogP contribution in [0, 0.1) is 5.82 Å². The van der Waals surface area contributed by atoms with E-state index in [9.17, 15) is 19.1 Å². The summed E-state index contributed by atoms with van der Waals surface area (Å²) in [6.07, 6.45) is 3.56. The number of hydrogen-bond acceptors (Lipinski definition) is 6. The number of carbonyl (C=O) groups is 2. The number of carbonyl (C=O) groups excluding carboxylic acids is 2. The highest BCUT2D eigenvalue weighted by Crippen LogP contribution is 2.41. The van der Waals surface area contributed by atoms with Crippen molar-refractivity contribution in [1.29, 1.82) is 0 Å². The van der Waals surface area contributed by atoms with Gasteiger partial charge in [-0.15, -0.1) is 0 Å². The molecule has 33 heavy (non-hydrogen) atoms. The van der Waals surface area contributed by atoms with Crippen LogP contribution in [0.4, 0.5) is 4.39 Å². The molecule has 3 heterocycles. The van der Waals surface area contributed by atoms with Crippen molar-refractivity contribution >= 4 is 17.4 Å². The fraction of sp³-hybridized carbons (Fsp3) is 0.160. The van der Waals surface area contributed by atoms with E-state index in [1.165, 1.54) is 17.0 Å². The molecule has 5 rings (SSSR count). The predicted octanol–water partition coefficient (Wildman–Crippen LogP) is 3.61. The van der Waals surface area contributed by atoms with Gasteiger partial charge in [-0.25, -0.2) is 4.39 Å². The van der Waals surface area contributed by atoms with Crippen molar-refractivity contribution in [3.05, 3.63) is 95.1 Å². The molecular weight excluding hydrogens is 427 g/mol. The van der Waals surface area contributed by atoms with Crippen LogP contribution in [0.3, 0.4) is 0 Å². The number of pyridine rings is 1. The largest absolute Gasteiger partial charge is 0.507 e. The van der Waals surface area contributed by atoms with Crippen LogP contribution in [-0.2, 0) is 16.0 Å². The second-order valence-electron chi connectivity index (χ2n) is 7.72. The Hall–Kier alpha value is -4.20. The molecule has 0 radical (unpaired) electrons. The quantitative estimate of drug-likeness (QED) is 0.366. The summed E-state index contributed by atoms with van der Waals surface area (Å²) in [4.78, 5) is 31.6. The third-order valence-electron chi connectivity index (χ3n) is 5.74. The Morgan fingerprint density at radius 3 is 2.64 bits per heavy atom. The molecule has 0 aliphatic carbocycles. The Morgan fingerprint density at radius 2 is 1.88 bits per heavy atom. The molecule has 7 nitrogen and oxygen atoms in total. The zero-order valence-electron chi connectivity index (χ0n) is 17.4. The Labute approximate surface area is 188 Å². The summed E-state index contributed by atoms with van der Waals surface area (Å²) in [7, 11) is 0. The first-order valence-corrected chi connectivity index (χ1v) is 10.4. The molecule has 0 bridgehead atoms. The zero-order valence-corrected chi connectivity index (χ0v) is 17.4. The van der Waals surface area contributed by atoms with Gasteiger partial charge in [-0.2, -0.15) is 0 Å². The zero-order chi connectivity index (χ0) is 22.9. The highest BCUT2D eigenvalue weighted by atomic mass is 19.1. The van der Waals surface area contributed by atoms with Gasteiger partial charge in [-0.3, -0.25) is 14.6 Å². The summed E-state index contributed by atoms with van der Waals surface area (Å²) in [5.41, 5.74) is 1.73. The number of aromatic nitrogens is 1. The summed E-state index contributed by atoms with van der Waals surface area (Å²) in [6, 6.07) is 13.4. The van der Waals surface area contributed by atoms with Crippen LogP contribution in [0.25, 0.3) is 5.76 Å². The lowest BCUT2D eigenvalue weighted by molar-refractivity contribution is -0.139. The lowest BCUT2D eigenvalue weighted by atomic mass is 9.96. The molecule has 1 unspecified atom stereocenters. The molecule has 1 fully saturated rings. The summed E-state index contributed by atoms with van der Waals surface area (Å²) in [5, 5.41) is 11.1. The first kappa shape index (κ1) is 20.7. The first-order chi connectivity index (χ1) is 16.0. The average Bonchev–Trinajstić information content (AvgIpc) is 3.41. The maximum Gasteiger partial charge on any atom is 0.295 e. The van der Waals surface area contributed by atoms with Gasteiger partial charge in [0, 0.05) is 24.5 Å². The number of rotatable bonds is 5. The van der Waals surface area contributed by atoms with Crippen molar-refractivity contribution in [2.45, 2.75) is 12.5 Å². The first-order valence-electron chi connectivity index (χ1n) is 10.4. The second-order valence-corrected chi connectivity index (χ2v) is 7.72. The van der Waals surface area contributed by atoms with Crippen LogP contribution in [0.5, 0.6) is 11.5 Å². The number of Topliss-reactive ketones (excluding diaryl/α,β-unsaturated/α-hetero) is 1. The van der Waals surface area contributed by atoms with Gasteiger partial charge in [0.1, 0.15) is 11.6 Å². The van der Waals surface area contributed by atoms with E-state index in [4.69, 9.17) is 9.47 Å². The van der Waals surface area contributed by atoms with Crippen LogP contribution in [0.1, 0.15) is 22.7 Å². The van der Waals surface area contributed by atoms with Crippen molar-refractivity contribution in [3.63, 3.8) is 0 Å². The van der Waals surface area contributed by atoms with E-state index < -0.39 is 17.7 Å². The van der Waals surface area contributed by atoms with Gasteiger partial charge in [-0.1, -0.05) is 18.2 Å².